The molecule has 0 aliphatic carbocycles. The molecular formula is C19H15ClN4O3. The van der Waals surface area contributed by atoms with Crippen molar-refractivity contribution in [3.05, 3.63) is 67.1 Å². The molecule has 4 rings (SSSR count). The lowest BCUT2D eigenvalue weighted by Gasteiger charge is -2.12. The van der Waals surface area contributed by atoms with E-state index in [1.54, 1.807) is 25.3 Å². The Bertz CT molecular complexity index is 1240. The van der Waals surface area contributed by atoms with Crippen LogP contribution >= 0.6 is 11.6 Å². The van der Waals surface area contributed by atoms with Crippen LogP contribution in [0.3, 0.4) is 0 Å². The van der Waals surface area contributed by atoms with Gasteiger partial charge in [-0.25, -0.2) is 9.78 Å². The van der Waals surface area contributed by atoms with Crippen LogP contribution < -0.4 is 16.0 Å². The predicted octanol–water partition coefficient (Wildman–Crippen LogP) is 2.09. The summed E-state index contributed by atoms with van der Waals surface area (Å²) in [6, 6.07) is 9.13. The van der Waals surface area contributed by atoms with Crippen molar-refractivity contribution in [3.63, 3.8) is 0 Å². The molecule has 3 aromatic rings. The Morgan fingerprint density at radius 3 is 2.89 bits per heavy atom. The minimum absolute atomic E-state index is 0.0294. The van der Waals surface area contributed by atoms with E-state index < -0.39 is 11.2 Å². The summed E-state index contributed by atoms with van der Waals surface area (Å²) in [5, 5.41) is 10.4. The highest BCUT2D eigenvalue weighted by Crippen LogP contribution is 2.24. The van der Waals surface area contributed by atoms with Gasteiger partial charge in [-0.05, 0) is 31.0 Å². The second kappa shape index (κ2) is 6.56. The maximum atomic E-state index is 12.7. The number of hydrogen-bond donors (Lipinski definition) is 0. The van der Waals surface area contributed by atoms with Gasteiger partial charge in [-0.15, -0.1) is 0 Å². The molecule has 136 valence electrons. The minimum atomic E-state index is -0.582. The van der Waals surface area contributed by atoms with Gasteiger partial charge in [0.05, 0.1) is 19.2 Å². The molecule has 8 heteroatoms. The highest BCUT2D eigenvalue weighted by atomic mass is 35.5. The second-order valence-electron chi connectivity index (χ2n) is 6.36. The van der Waals surface area contributed by atoms with Gasteiger partial charge in [-0.3, -0.25) is 13.9 Å². The lowest BCUT2D eigenvalue weighted by molar-refractivity contribution is 0.415. The van der Waals surface area contributed by atoms with Crippen LogP contribution in [0.2, 0.25) is 5.15 Å². The molecule has 0 bridgehead atoms. The summed E-state index contributed by atoms with van der Waals surface area (Å²) in [4.78, 5) is 29.8. The maximum absolute atomic E-state index is 12.7. The Balaban J connectivity index is 1.86. The van der Waals surface area contributed by atoms with Gasteiger partial charge in [0.1, 0.15) is 22.5 Å². The van der Waals surface area contributed by atoms with Crippen molar-refractivity contribution in [1.82, 2.24) is 14.1 Å². The van der Waals surface area contributed by atoms with Crippen molar-refractivity contribution in [3.8, 4) is 11.8 Å². The van der Waals surface area contributed by atoms with Gasteiger partial charge in [0.2, 0.25) is 0 Å². The van der Waals surface area contributed by atoms with Crippen molar-refractivity contribution in [1.29, 1.82) is 5.26 Å². The number of fused-ring (bicyclic) bond motifs is 2. The Morgan fingerprint density at radius 1 is 1.33 bits per heavy atom. The van der Waals surface area contributed by atoms with Crippen LogP contribution in [0.4, 0.5) is 0 Å². The number of pyridine rings is 1. The van der Waals surface area contributed by atoms with Gasteiger partial charge >= 0.3 is 5.69 Å². The summed E-state index contributed by atoms with van der Waals surface area (Å²) >= 11 is 6.30. The summed E-state index contributed by atoms with van der Waals surface area (Å²) in [6.07, 6.45) is 1.31. The predicted molar refractivity (Wildman–Crippen MR) is 100 cm³/mol. The number of rotatable bonds is 3. The van der Waals surface area contributed by atoms with Crippen LogP contribution in [0, 0.1) is 11.3 Å². The van der Waals surface area contributed by atoms with Crippen LogP contribution in [0.25, 0.3) is 10.9 Å². The zero-order valence-corrected chi connectivity index (χ0v) is 15.3. The van der Waals surface area contributed by atoms with Gasteiger partial charge in [0.25, 0.3) is 5.56 Å². The van der Waals surface area contributed by atoms with Gasteiger partial charge < -0.3 is 4.74 Å². The molecule has 0 saturated carbocycles. The number of halogens is 1. The van der Waals surface area contributed by atoms with Gasteiger partial charge in [0, 0.05) is 29.3 Å². The largest absolute Gasteiger partial charge is 0.497 e. The van der Waals surface area contributed by atoms with E-state index in [4.69, 9.17) is 16.3 Å². The Labute approximate surface area is 159 Å². The average Bonchev–Trinajstić information content (AvgIpc) is 3.15. The van der Waals surface area contributed by atoms with E-state index in [1.165, 1.54) is 4.57 Å². The first kappa shape index (κ1) is 17.3. The summed E-state index contributed by atoms with van der Waals surface area (Å²) in [5.74, 6) is 0.658. The molecule has 0 fully saturated rings. The maximum Gasteiger partial charge on any atom is 0.331 e. The molecule has 0 spiro atoms. The molecule has 0 atom stereocenters. The third-order valence-corrected chi connectivity index (χ3v) is 5.15. The fourth-order valence-corrected chi connectivity index (χ4v) is 3.67. The third-order valence-electron chi connectivity index (χ3n) is 4.82. The highest BCUT2D eigenvalue weighted by molar-refractivity contribution is 6.30. The number of nitriles is 1. The number of aromatic nitrogens is 3. The Morgan fingerprint density at radius 2 is 2.15 bits per heavy atom. The first-order valence-corrected chi connectivity index (χ1v) is 8.81. The van der Waals surface area contributed by atoms with Crippen molar-refractivity contribution in [2.45, 2.75) is 25.9 Å². The smallest absolute Gasteiger partial charge is 0.331 e. The molecule has 7 nitrogen and oxygen atoms in total. The van der Waals surface area contributed by atoms with Crippen LogP contribution in [-0.4, -0.2) is 21.2 Å². The molecular weight excluding hydrogens is 368 g/mol. The van der Waals surface area contributed by atoms with E-state index in [2.05, 4.69) is 4.98 Å². The molecule has 1 aliphatic rings. The number of methoxy groups -OCH3 is 1. The van der Waals surface area contributed by atoms with Crippen molar-refractivity contribution in [2.24, 2.45) is 0 Å². The summed E-state index contributed by atoms with van der Waals surface area (Å²) < 4.78 is 7.75. The first-order valence-electron chi connectivity index (χ1n) is 8.43. The monoisotopic (exact) mass is 382 g/mol. The molecule has 0 N–H and O–H groups in total. The zero-order valence-electron chi connectivity index (χ0n) is 14.5. The van der Waals surface area contributed by atoms with Crippen LogP contribution in [0.1, 0.15) is 23.2 Å². The second-order valence-corrected chi connectivity index (χ2v) is 6.72. The van der Waals surface area contributed by atoms with Crippen LogP contribution in [0.15, 0.2) is 33.9 Å². The van der Waals surface area contributed by atoms with Crippen molar-refractivity contribution >= 4 is 22.5 Å². The van der Waals surface area contributed by atoms with Crippen LogP contribution in [0.5, 0.6) is 5.75 Å². The quantitative estimate of drug-likeness (QED) is 0.647. The van der Waals surface area contributed by atoms with E-state index in [1.807, 2.05) is 12.1 Å². The average molecular weight is 383 g/mol. The minimum Gasteiger partial charge on any atom is -0.497 e. The molecule has 0 unspecified atom stereocenters. The number of hydrogen-bond acceptors (Lipinski definition) is 5. The lowest BCUT2D eigenvalue weighted by atomic mass is 10.1. The van der Waals surface area contributed by atoms with E-state index in [9.17, 15) is 14.9 Å². The number of nitrogens with zero attached hydrogens (tertiary/aromatic N) is 4. The molecule has 1 aliphatic heterocycles. The first-order chi connectivity index (χ1) is 13.0. The fourth-order valence-electron chi connectivity index (χ4n) is 3.46. The number of benzene rings is 1. The SMILES string of the molecule is COc1ccc2cc(Cn3c(=O)c(C#N)c4n(c3=O)CCC4)c(Cl)nc2c1. The van der Waals surface area contributed by atoms with E-state index >= 15 is 0 Å². The Hall–Kier alpha value is -3.11. The van der Waals surface area contributed by atoms with Gasteiger partial charge in [-0.2, -0.15) is 5.26 Å². The van der Waals surface area contributed by atoms with E-state index in [-0.39, 0.29) is 17.3 Å². The molecule has 0 saturated heterocycles. The summed E-state index contributed by atoms with van der Waals surface area (Å²) in [7, 11) is 1.57. The third kappa shape index (κ3) is 2.78. The molecule has 2 aromatic heterocycles. The van der Waals surface area contributed by atoms with Crippen molar-refractivity contribution < 1.29 is 4.74 Å². The van der Waals surface area contributed by atoms with Crippen molar-refractivity contribution in [2.75, 3.05) is 7.11 Å². The molecule has 0 amide bonds. The van der Waals surface area contributed by atoms with Gasteiger partial charge in [-0.1, -0.05) is 11.6 Å². The summed E-state index contributed by atoms with van der Waals surface area (Å²) in [5.41, 5.74) is 0.744. The van der Waals surface area contributed by atoms with Crippen LogP contribution in [-0.2, 0) is 19.5 Å². The fraction of sp³-hybridized carbons (Fsp3) is 0.263. The Kier molecular flexibility index (Phi) is 4.21. The highest BCUT2D eigenvalue weighted by Gasteiger charge is 2.23. The molecule has 27 heavy (non-hydrogen) atoms. The summed E-state index contributed by atoms with van der Waals surface area (Å²) in [6.45, 7) is 0.465. The molecule has 1 aromatic carbocycles. The molecule has 3 heterocycles. The van der Waals surface area contributed by atoms with Gasteiger partial charge in [0.15, 0.2) is 0 Å². The molecule has 0 radical (unpaired) electrons. The standard InChI is InChI=1S/C19H15ClN4O3/c1-27-13-5-4-11-7-12(17(20)22-15(11)8-13)10-24-18(25)14(9-21)16-3-2-6-23(16)19(24)26/h4-5,7-8H,2-3,6,10H2,1H3. The number of ether oxygens (including phenoxy) is 1. The van der Waals surface area contributed by atoms with E-state index in [0.717, 1.165) is 16.4 Å². The lowest BCUT2D eigenvalue weighted by Crippen LogP contribution is -2.42. The zero-order chi connectivity index (χ0) is 19.1. The normalized spacial score (nSPS) is 12.8. The topological polar surface area (TPSA) is 89.9 Å². The van der Waals surface area contributed by atoms with E-state index in [0.29, 0.717) is 35.5 Å².